The lowest BCUT2D eigenvalue weighted by Crippen LogP contribution is -2.52. The van der Waals surface area contributed by atoms with Crippen LogP contribution < -0.4 is 15.4 Å². The lowest BCUT2D eigenvalue weighted by molar-refractivity contribution is -0.274. The number of methoxy groups -OCH3 is 1. The Balaban J connectivity index is 1.92. The molecule has 0 spiro atoms. The second-order valence-electron chi connectivity index (χ2n) is 5.50. The first-order valence-electron chi connectivity index (χ1n) is 7.22. The largest absolute Gasteiger partial charge is 0.573 e. The summed E-state index contributed by atoms with van der Waals surface area (Å²) in [6, 6.07) is 4.81. The van der Waals surface area contributed by atoms with Crippen LogP contribution in [0.3, 0.4) is 0 Å². The molecular formula is C15H19F3N2O3. The van der Waals surface area contributed by atoms with Crippen molar-refractivity contribution in [2.24, 2.45) is 0 Å². The number of carbonyl (C=O) groups is 1. The Morgan fingerprint density at radius 2 is 2.04 bits per heavy atom. The molecule has 1 fully saturated rings. The molecule has 1 aromatic carbocycles. The van der Waals surface area contributed by atoms with Gasteiger partial charge >= 0.3 is 6.36 Å². The Kier molecular flexibility index (Phi) is 5.48. The predicted molar refractivity (Wildman–Crippen MR) is 77.3 cm³/mol. The third kappa shape index (κ3) is 5.11. The highest BCUT2D eigenvalue weighted by Crippen LogP contribution is 2.23. The zero-order chi connectivity index (χ0) is 16.9. The first-order chi connectivity index (χ1) is 10.8. The number of hydrogen-bond donors (Lipinski definition) is 2. The molecule has 1 unspecified atom stereocenters. The van der Waals surface area contributed by atoms with Gasteiger partial charge in [0.15, 0.2) is 0 Å². The first-order valence-corrected chi connectivity index (χ1v) is 7.22. The molecule has 0 radical (unpaired) electrons. The van der Waals surface area contributed by atoms with E-state index in [1.165, 1.54) is 12.1 Å². The summed E-state index contributed by atoms with van der Waals surface area (Å²) in [5.74, 6) is -0.713. The van der Waals surface area contributed by atoms with E-state index >= 15 is 0 Å². The van der Waals surface area contributed by atoms with Crippen molar-refractivity contribution in [2.45, 2.75) is 24.7 Å². The van der Waals surface area contributed by atoms with E-state index in [1.54, 1.807) is 7.11 Å². The number of benzene rings is 1. The highest BCUT2D eigenvalue weighted by molar-refractivity contribution is 5.94. The van der Waals surface area contributed by atoms with Crippen LogP contribution in [0.4, 0.5) is 13.2 Å². The lowest BCUT2D eigenvalue weighted by atomic mass is 9.98. The molecule has 0 bridgehead atoms. The molecule has 0 saturated carbocycles. The summed E-state index contributed by atoms with van der Waals surface area (Å²) in [7, 11) is 1.60. The van der Waals surface area contributed by atoms with Crippen LogP contribution >= 0.6 is 0 Å². The molecule has 1 aliphatic rings. The van der Waals surface area contributed by atoms with E-state index in [-0.39, 0.29) is 22.8 Å². The summed E-state index contributed by atoms with van der Waals surface area (Å²) in [5, 5.41) is 6.12. The zero-order valence-corrected chi connectivity index (χ0v) is 12.7. The topological polar surface area (TPSA) is 59.6 Å². The van der Waals surface area contributed by atoms with E-state index in [0.717, 1.165) is 31.5 Å². The molecule has 23 heavy (non-hydrogen) atoms. The highest BCUT2D eigenvalue weighted by Gasteiger charge is 2.34. The Bertz CT molecular complexity index is 526. The van der Waals surface area contributed by atoms with Crippen LogP contribution in [0.5, 0.6) is 5.75 Å². The molecule has 1 saturated heterocycles. The molecule has 2 rings (SSSR count). The van der Waals surface area contributed by atoms with Gasteiger partial charge in [0, 0.05) is 19.2 Å². The number of alkyl halides is 3. The number of rotatable bonds is 6. The van der Waals surface area contributed by atoms with E-state index in [4.69, 9.17) is 4.74 Å². The number of amides is 1. The Morgan fingerprint density at radius 1 is 1.35 bits per heavy atom. The predicted octanol–water partition coefficient (Wildman–Crippen LogP) is 2.08. The normalized spacial score (nSPS) is 21.2. The summed E-state index contributed by atoms with van der Waals surface area (Å²) in [4.78, 5) is 12.1. The van der Waals surface area contributed by atoms with E-state index in [9.17, 15) is 18.0 Å². The van der Waals surface area contributed by atoms with Gasteiger partial charge in [0.05, 0.1) is 12.1 Å². The maximum atomic E-state index is 12.1. The minimum Gasteiger partial charge on any atom is -0.406 e. The Hall–Kier alpha value is -1.80. The van der Waals surface area contributed by atoms with Crippen molar-refractivity contribution in [3.05, 3.63) is 29.8 Å². The number of ether oxygens (including phenoxy) is 2. The summed E-state index contributed by atoms with van der Waals surface area (Å²) >= 11 is 0. The van der Waals surface area contributed by atoms with Crippen molar-refractivity contribution in [3.63, 3.8) is 0 Å². The van der Waals surface area contributed by atoms with Crippen molar-refractivity contribution >= 4 is 5.91 Å². The van der Waals surface area contributed by atoms with Gasteiger partial charge in [-0.15, -0.1) is 13.2 Å². The highest BCUT2D eigenvalue weighted by atomic mass is 19.4. The quantitative estimate of drug-likeness (QED) is 0.837. The molecule has 0 aromatic heterocycles. The van der Waals surface area contributed by atoms with Crippen LogP contribution in [0.15, 0.2) is 24.3 Å². The van der Waals surface area contributed by atoms with Gasteiger partial charge in [0.2, 0.25) is 0 Å². The average Bonchev–Trinajstić information content (AvgIpc) is 2.93. The third-order valence-corrected chi connectivity index (χ3v) is 3.69. The van der Waals surface area contributed by atoms with Crippen LogP contribution in [0, 0.1) is 0 Å². The molecule has 1 aliphatic heterocycles. The molecule has 128 valence electrons. The van der Waals surface area contributed by atoms with Crippen molar-refractivity contribution in [1.29, 1.82) is 0 Å². The monoisotopic (exact) mass is 332 g/mol. The molecule has 1 aromatic rings. The van der Waals surface area contributed by atoms with Crippen molar-refractivity contribution in [3.8, 4) is 5.75 Å². The number of carbonyl (C=O) groups excluding carboxylic acids is 1. The summed E-state index contributed by atoms with van der Waals surface area (Å²) in [6.45, 7) is 1.73. The number of nitrogens with one attached hydrogen (secondary N) is 2. The molecule has 1 atom stereocenters. The fourth-order valence-corrected chi connectivity index (χ4v) is 2.63. The van der Waals surface area contributed by atoms with E-state index in [0.29, 0.717) is 13.2 Å². The van der Waals surface area contributed by atoms with Crippen molar-refractivity contribution in [1.82, 2.24) is 10.6 Å². The maximum absolute atomic E-state index is 12.1. The molecular weight excluding hydrogens is 313 g/mol. The Labute approximate surface area is 132 Å². The second kappa shape index (κ2) is 7.18. The summed E-state index contributed by atoms with van der Waals surface area (Å²) in [5.41, 5.74) is -0.0194. The second-order valence-corrected chi connectivity index (χ2v) is 5.50. The van der Waals surface area contributed by atoms with Gasteiger partial charge in [-0.05, 0) is 43.7 Å². The fourth-order valence-electron chi connectivity index (χ4n) is 2.63. The number of hydrogen-bond acceptors (Lipinski definition) is 4. The summed E-state index contributed by atoms with van der Waals surface area (Å²) in [6.07, 6.45) is -2.85. The van der Waals surface area contributed by atoms with E-state index in [2.05, 4.69) is 15.4 Å². The van der Waals surface area contributed by atoms with Crippen LogP contribution in [0.2, 0.25) is 0 Å². The standard InChI is InChI=1S/C15H19F3N2O3/c1-22-10-14(7-2-8-20-14)9-19-13(21)11-3-5-12(6-4-11)23-15(16,17)18/h3-6,20H,2,7-10H2,1H3,(H,19,21). The SMILES string of the molecule is COCC1(CNC(=O)c2ccc(OC(F)(F)F)cc2)CCCN1. The Morgan fingerprint density at radius 3 is 2.57 bits per heavy atom. The first kappa shape index (κ1) is 17.6. The van der Waals surface area contributed by atoms with Gasteiger partial charge in [-0.3, -0.25) is 4.79 Å². The minimum absolute atomic E-state index is 0.269. The van der Waals surface area contributed by atoms with E-state index in [1.807, 2.05) is 0 Å². The zero-order valence-electron chi connectivity index (χ0n) is 12.7. The van der Waals surface area contributed by atoms with Gasteiger partial charge in [-0.25, -0.2) is 0 Å². The minimum atomic E-state index is -4.75. The maximum Gasteiger partial charge on any atom is 0.573 e. The molecule has 0 aliphatic carbocycles. The fraction of sp³-hybridized carbons (Fsp3) is 0.533. The van der Waals surface area contributed by atoms with Crippen LogP contribution in [0.1, 0.15) is 23.2 Å². The van der Waals surface area contributed by atoms with Gasteiger partial charge in [0.25, 0.3) is 5.91 Å². The summed E-state index contributed by atoms with van der Waals surface area (Å²) < 4.78 is 45.2. The van der Waals surface area contributed by atoms with E-state index < -0.39 is 6.36 Å². The number of halogens is 3. The molecule has 1 heterocycles. The van der Waals surface area contributed by atoms with Crippen molar-refractivity contribution in [2.75, 3.05) is 26.8 Å². The van der Waals surface area contributed by atoms with Crippen LogP contribution in [-0.4, -0.2) is 44.6 Å². The smallest absolute Gasteiger partial charge is 0.406 e. The average molecular weight is 332 g/mol. The molecule has 2 N–H and O–H groups in total. The third-order valence-electron chi connectivity index (χ3n) is 3.69. The molecule has 5 nitrogen and oxygen atoms in total. The van der Waals surface area contributed by atoms with Crippen LogP contribution in [-0.2, 0) is 4.74 Å². The lowest BCUT2D eigenvalue weighted by Gasteiger charge is -2.29. The molecule has 1 amide bonds. The van der Waals surface area contributed by atoms with Gasteiger partial charge in [-0.2, -0.15) is 0 Å². The van der Waals surface area contributed by atoms with Gasteiger partial charge < -0.3 is 20.1 Å². The molecule has 8 heteroatoms. The van der Waals surface area contributed by atoms with Crippen molar-refractivity contribution < 1.29 is 27.4 Å². The van der Waals surface area contributed by atoms with Crippen LogP contribution in [0.25, 0.3) is 0 Å². The van der Waals surface area contributed by atoms with Gasteiger partial charge in [0.1, 0.15) is 5.75 Å². The van der Waals surface area contributed by atoms with Gasteiger partial charge in [-0.1, -0.05) is 0 Å².